The zero-order chi connectivity index (χ0) is 25.5. The normalized spacial score (nSPS) is 12.4. The van der Waals surface area contributed by atoms with E-state index in [0.29, 0.717) is 0 Å². The number of hydrogen-bond acceptors (Lipinski definition) is 0. The van der Waals surface area contributed by atoms with Crippen molar-refractivity contribution in [3.05, 3.63) is 0 Å². The second-order valence-corrected chi connectivity index (χ2v) is 13.0. The minimum absolute atomic E-state index is 0.779. The molecule has 0 aromatic heterocycles. The Morgan fingerprint density at radius 2 is 0.457 bits per heavy atom. The van der Waals surface area contributed by atoms with Crippen LogP contribution in [0.4, 0.5) is 0 Å². The van der Waals surface area contributed by atoms with E-state index in [2.05, 4.69) is 29.8 Å². The Labute approximate surface area is 233 Å². The van der Waals surface area contributed by atoms with Crippen molar-refractivity contribution < 1.29 is 0 Å². The highest BCUT2D eigenvalue weighted by molar-refractivity contribution is 9.09. The first kappa shape index (κ1) is 35.5. The summed E-state index contributed by atoms with van der Waals surface area (Å²) in [7, 11) is 0. The Kier molecular flexibility index (Phi) is 33.0. The second kappa shape index (κ2) is 32.5. The largest absolute Gasteiger partial charge is 0.0891 e. The van der Waals surface area contributed by atoms with Crippen LogP contribution in [0.25, 0.3) is 0 Å². The third kappa shape index (κ3) is 32.5. The van der Waals surface area contributed by atoms with Crippen LogP contribution < -0.4 is 0 Å². The second-order valence-electron chi connectivity index (χ2n) is 11.7. The average Bonchev–Trinajstić information content (AvgIpc) is 2.86. The molecule has 0 aromatic carbocycles. The van der Waals surface area contributed by atoms with E-state index in [0.717, 1.165) is 4.83 Å². The smallest absolute Gasteiger partial charge is 0.0145 e. The van der Waals surface area contributed by atoms with Gasteiger partial charge in [-0.25, -0.2) is 0 Å². The van der Waals surface area contributed by atoms with Gasteiger partial charge in [-0.3, -0.25) is 0 Å². The maximum Gasteiger partial charge on any atom is 0.0145 e. The summed E-state index contributed by atoms with van der Waals surface area (Å²) in [4.78, 5) is 0.779. The lowest BCUT2D eigenvalue weighted by Crippen LogP contribution is -1.98. The molecule has 1 atom stereocenters. The molecule has 0 nitrogen and oxygen atoms in total. The van der Waals surface area contributed by atoms with Crippen LogP contribution >= 0.6 is 15.9 Å². The number of halogens is 1. The van der Waals surface area contributed by atoms with E-state index >= 15 is 0 Å². The third-order valence-corrected chi connectivity index (χ3v) is 8.91. The van der Waals surface area contributed by atoms with E-state index in [1.54, 1.807) is 0 Å². The summed E-state index contributed by atoms with van der Waals surface area (Å²) >= 11 is 3.96. The van der Waals surface area contributed by atoms with Crippen molar-refractivity contribution in [2.24, 2.45) is 0 Å². The molecule has 0 aliphatic carbocycles. The van der Waals surface area contributed by atoms with E-state index in [1.807, 2.05) is 0 Å². The summed E-state index contributed by atoms with van der Waals surface area (Å²) in [6.45, 7) is 4.61. The Morgan fingerprint density at radius 3 is 0.657 bits per heavy atom. The van der Waals surface area contributed by atoms with Gasteiger partial charge in [-0.1, -0.05) is 216 Å². The molecule has 0 aromatic rings. The van der Waals surface area contributed by atoms with Gasteiger partial charge in [0.25, 0.3) is 0 Å². The Hall–Kier alpha value is 0.480. The van der Waals surface area contributed by atoms with Crippen molar-refractivity contribution in [2.45, 2.75) is 218 Å². The molecule has 0 saturated carbocycles. The van der Waals surface area contributed by atoms with Gasteiger partial charge in [0.1, 0.15) is 0 Å². The summed E-state index contributed by atoms with van der Waals surface area (Å²) in [6, 6.07) is 0. The summed E-state index contributed by atoms with van der Waals surface area (Å²) in [6.07, 6.45) is 45.2. The van der Waals surface area contributed by atoms with Gasteiger partial charge in [-0.2, -0.15) is 0 Å². The third-order valence-electron chi connectivity index (χ3n) is 7.99. The Bertz CT molecular complexity index is 352. The molecule has 1 unspecified atom stereocenters. The number of alkyl halides is 1. The van der Waals surface area contributed by atoms with E-state index < -0.39 is 0 Å². The first-order valence-corrected chi connectivity index (χ1v) is 17.9. The van der Waals surface area contributed by atoms with Crippen molar-refractivity contribution in [1.82, 2.24) is 0 Å². The fourth-order valence-electron chi connectivity index (χ4n) is 5.44. The number of unbranched alkanes of at least 4 members (excludes halogenated alkanes) is 27. The molecule has 0 bridgehead atoms. The highest BCUT2D eigenvalue weighted by Gasteiger charge is 2.04. The van der Waals surface area contributed by atoms with Gasteiger partial charge in [0.05, 0.1) is 0 Å². The molecule has 0 spiro atoms. The van der Waals surface area contributed by atoms with Gasteiger partial charge in [-0.15, -0.1) is 0 Å². The van der Waals surface area contributed by atoms with Gasteiger partial charge < -0.3 is 0 Å². The molecule has 0 aliphatic rings. The summed E-state index contributed by atoms with van der Waals surface area (Å²) in [5, 5.41) is 0. The first-order chi connectivity index (χ1) is 17.3. The first-order valence-electron chi connectivity index (χ1n) is 16.9. The van der Waals surface area contributed by atoms with Crippen LogP contribution in [0.1, 0.15) is 213 Å². The van der Waals surface area contributed by atoms with Crippen LogP contribution in [0.2, 0.25) is 0 Å². The Balaban J connectivity index is 3.13. The molecule has 212 valence electrons. The number of rotatable bonds is 31. The molecular formula is C34H69Br. The van der Waals surface area contributed by atoms with Crippen molar-refractivity contribution in [1.29, 1.82) is 0 Å². The topological polar surface area (TPSA) is 0 Å². The van der Waals surface area contributed by atoms with Crippen LogP contribution in [0.5, 0.6) is 0 Å². The highest BCUT2D eigenvalue weighted by Crippen LogP contribution is 2.20. The minimum atomic E-state index is 0.779. The minimum Gasteiger partial charge on any atom is -0.0891 e. The number of hydrogen-bond donors (Lipinski definition) is 0. The van der Waals surface area contributed by atoms with Gasteiger partial charge in [-0.05, 0) is 12.8 Å². The van der Waals surface area contributed by atoms with Crippen molar-refractivity contribution in [3.8, 4) is 0 Å². The molecule has 0 amide bonds. The lowest BCUT2D eigenvalue weighted by Gasteiger charge is -2.09. The fourth-order valence-corrected chi connectivity index (χ4v) is 6.09. The molecular weight excluding hydrogens is 488 g/mol. The van der Waals surface area contributed by atoms with E-state index in [9.17, 15) is 0 Å². The summed E-state index contributed by atoms with van der Waals surface area (Å²) in [5.74, 6) is 0. The average molecular weight is 558 g/mol. The van der Waals surface area contributed by atoms with Crippen LogP contribution in [0.15, 0.2) is 0 Å². The predicted octanol–water partition coefficient (Wildman–Crippen LogP) is 13.9. The molecule has 1 heteroatoms. The van der Waals surface area contributed by atoms with Crippen molar-refractivity contribution in [2.75, 3.05) is 0 Å². The van der Waals surface area contributed by atoms with Crippen LogP contribution in [0.3, 0.4) is 0 Å². The maximum atomic E-state index is 3.96. The highest BCUT2D eigenvalue weighted by atomic mass is 79.9. The maximum absolute atomic E-state index is 3.96. The Morgan fingerprint density at radius 1 is 0.286 bits per heavy atom. The quantitative estimate of drug-likeness (QED) is 0.0587. The summed E-state index contributed by atoms with van der Waals surface area (Å²) in [5.41, 5.74) is 0. The zero-order valence-electron chi connectivity index (χ0n) is 24.9. The van der Waals surface area contributed by atoms with Crippen LogP contribution in [-0.2, 0) is 0 Å². The predicted molar refractivity (Wildman–Crippen MR) is 167 cm³/mol. The molecule has 0 fully saturated rings. The molecule has 0 saturated heterocycles. The van der Waals surface area contributed by atoms with Crippen molar-refractivity contribution >= 4 is 15.9 Å². The lowest BCUT2D eigenvalue weighted by molar-refractivity contribution is 0.517. The monoisotopic (exact) mass is 556 g/mol. The van der Waals surface area contributed by atoms with Gasteiger partial charge in [0.15, 0.2) is 0 Å². The molecule has 0 heterocycles. The molecule has 0 N–H and O–H groups in total. The van der Waals surface area contributed by atoms with E-state index in [-0.39, 0.29) is 0 Å². The molecule has 0 rings (SSSR count). The molecule has 0 aliphatic heterocycles. The van der Waals surface area contributed by atoms with Gasteiger partial charge >= 0.3 is 0 Å². The molecule has 0 radical (unpaired) electrons. The van der Waals surface area contributed by atoms with Crippen LogP contribution in [0, 0.1) is 0 Å². The van der Waals surface area contributed by atoms with Gasteiger partial charge in [0, 0.05) is 4.83 Å². The lowest BCUT2D eigenvalue weighted by atomic mass is 10.0. The standard InChI is InChI=1S/C34H69Br/c1-3-5-7-9-11-13-15-17-19-21-23-25-27-29-31-33-34(35)32-30-28-26-24-22-20-18-16-14-12-10-8-6-4-2/h34H,3-33H2,1-2H3. The van der Waals surface area contributed by atoms with E-state index in [4.69, 9.17) is 0 Å². The van der Waals surface area contributed by atoms with E-state index in [1.165, 1.54) is 199 Å². The van der Waals surface area contributed by atoms with Crippen LogP contribution in [-0.4, -0.2) is 4.83 Å². The van der Waals surface area contributed by atoms with Crippen molar-refractivity contribution in [3.63, 3.8) is 0 Å². The molecule has 35 heavy (non-hydrogen) atoms. The SMILES string of the molecule is CCCCCCCCCCCCCCCCCC(Br)CCCCCCCCCCCCCCCC. The zero-order valence-corrected chi connectivity index (χ0v) is 26.5. The summed E-state index contributed by atoms with van der Waals surface area (Å²) < 4.78 is 0. The van der Waals surface area contributed by atoms with Gasteiger partial charge in [0.2, 0.25) is 0 Å². The fraction of sp³-hybridized carbons (Fsp3) is 1.00.